The Balaban J connectivity index is 2.59. The molecule has 0 amide bonds. The molecule has 2 N–H and O–H groups in total. The van der Waals surface area contributed by atoms with Crippen LogP contribution in [-0.2, 0) is 11.3 Å². The standard InChI is InChI=1S/C13H18FNO3/c1-9(8-16)6-15-7-10-3-4-11(12(14)5-10)13(17)18-2/h3-5,9,15-16H,6-8H2,1-2H3. The molecule has 0 saturated carbocycles. The molecular formula is C13H18FNO3. The number of hydrogen-bond donors (Lipinski definition) is 2. The summed E-state index contributed by atoms with van der Waals surface area (Å²) >= 11 is 0. The number of ether oxygens (including phenoxy) is 1. The Morgan fingerprint density at radius 1 is 1.56 bits per heavy atom. The van der Waals surface area contributed by atoms with Crippen molar-refractivity contribution in [2.24, 2.45) is 5.92 Å². The summed E-state index contributed by atoms with van der Waals surface area (Å²) in [5.41, 5.74) is 0.676. The van der Waals surface area contributed by atoms with Crippen molar-refractivity contribution in [1.29, 1.82) is 0 Å². The van der Waals surface area contributed by atoms with Gasteiger partial charge in [-0.25, -0.2) is 9.18 Å². The summed E-state index contributed by atoms with van der Waals surface area (Å²) < 4.78 is 18.0. The fourth-order valence-electron chi connectivity index (χ4n) is 1.47. The van der Waals surface area contributed by atoms with Crippen LogP contribution >= 0.6 is 0 Å². The van der Waals surface area contributed by atoms with Crippen LogP contribution in [0.3, 0.4) is 0 Å². The molecule has 5 heteroatoms. The maximum Gasteiger partial charge on any atom is 0.340 e. The quantitative estimate of drug-likeness (QED) is 0.753. The number of rotatable bonds is 6. The van der Waals surface area contributed by atoms with Crippen LogP contribution in [0.15, 0.2) is 18.2 Å². The molecule has 0 bridgehead atoms. The number of carbonyl (C=O) groups excluding carboxylic acids is 1. The molecule has 0 aliphatic rings. The molecule has 1 rings (SSSR count). The van der Waals surface area contributed by atoms with Crippen LogP contribution in [0.1, 0.15) is 22.8 Å². The second-order valence-corrected chi connectivity index (χ2v) is 4.22. The third kappa shape index (κ3) is 4.09. The van der Waals surface area contributed by atoms with Crippen LogP contribution in [0.5, 0.6) is 0 Å². The molecule has 0 aliphatic carbocycles. The Morgan fingerprint density at radius 2 is 2.28 bits per heavy atom. The van der Waals surface area contributed by atoms with Crippen molar-refractivity contribution in [3.8, 4) is 0 Å². The zero-order chi connectivity index (χ0) is 13.5. The van der Waals surface area contributed by atoms with E-state index in [9.17, 15) is 9.18 Å². The van der Waals surface area contributed by atoms with Crippen molar-refractivity contribution < 1.29 is 19.0 Å². The number of nitrogens with one attached hydrogen (secondary N) is 1. The zero-order valence-corrected chi connectivity index (χ0v) is 10.6. The number of aliphatic hydroxyl groups is 1. The maximum atomic E-state index is 13.6. The van der Waals surface area contributed by atoms with Gasteiger partial charge < -0.3 is 15.2 Å². The number of benzene rings is 1. The van der Waals surface area contributed by atoms with Crippen LogP contribution in [0, 0.1) is 11.7 Å². The van der Waals surface area contributed by atoms with Gasteiger partial charge in [0.2, 0.25) is 0 Å². The number of methoxy groups -OCH3 is 1. The lowest BCUT2D eigenvalue weighted by atomic mass is 10.1. The fourth-order valence-corrected chi connectivity index (χ4v) is 1.47. The molecule has 1 aromatic carbocycles. The van der Waals surface area contributed by atoms with Crippen LogP contribution < -0.4 is 5.32 Å². The van der Waals surface area contributed by atoms with Crippen LogP contribution in [-0.4, -0.2) is 31.3 Å². The first-order valence-corrected chi connectivity index (χ1v) is 5.76. The Bertz CT molecular complexity index is 409. The predicted octanol–water partition coefficient (Wildman–Crippen LogP) is 1.33. The molecule has 0 heterocycles. The van der Waals surface area contributed by atoms with Crippen molar-refractivity contribution in [3.63, 3.8) is 0 Å². The van der Waals surface area contributed by atoms with E-state index < -0.39 is 11.8 Å². The Hall–Kier alpha value is -1.46. The largest absolute Gasteiger partial charge is 0.465 e. The molecule has 1 unspecified atom stereocenters. The Morgan fingerprint density at radius 3 is 2.83 bits per heavy atom. The van der Waals surface area contributed by atoms with Crippen LogP contribution in [0.4, 0.5) is 4.39 Å². The summed E-state index contributed by atoms with van der Waals surface area (Å²) in [6, 6.07) is 4.39. The van der Waals surface area contributed by atoms with Gasteiger partial charge in [-0.1, -0.05) is 13.0 Å². The van der Waals surface area contributed by atoms with E-state index in [1.807, 2.05) is 6.92 Å². The summed E-state index contributed by atoms with van der Waals surface area (Å²) in [4.78, 5) is 11.2. The molecule has 0 aromatic heterocycles. The highest BCUT2D eigenvalue weighted by Crippen LogP contribution is 2.11. The minimum absolute atomic E-state index is 0.0648. The molecule has 1 atom stereocenters. The van der Waals surface area contributed by atoms with E-state index in [-0.39, 0.29) is 18.1 Å². The first-order chi connectivity index (χ1) is 8.58. The highest BCUT2D eigenvalue weighted by molar-refractivity contribution is 5.89. The fraction of sp³-hybridized carbons (Fsp3) is 0.462. The third-order valence-corrected chi connectivity index (χ3v) is 2.57. The summed E-state index contributed by atoms with van der Waals surface area (Å²) in [5.74, 6) is -1.11. The average Bonchev–Trinajstić information content (AvgIpc) is 2.37. The van der Waals surface area contributed by atoms with Gasteiger partial charge in [-0.2, -0.15) is 0 Å². The molecule has 18 heavy (non-hydrogen) atoms. The molecule has 0 saturated heterocycles. The Labute approximate surface area is 106 Å². The number of esters is 1. The lowest BCUT2D eigenvalue weighted by molar-refractivity contribution is 0.0595. The molecule has 0 aliphatic heterocycles. The summed E-state index contributed by atoms with van der Waals surface area (Å²) in [7, 11) is 1.22. The minimum Gasteiger partial charge on any atom is -0.465 e. The van der Waals surface area contributed by atoms with Gasteiger partial charge in [0.1, 0.15) is 5.82 Å². The van der Waals surface area contributed by atoms with Gasteiger partial charge in [-0.15, -0.1) is 0 Å². The van der Waals surface area contributed by atoms with E-state index in [1.165, 1.54) is 19.2 Å². The van der Waals surface area contributed by atoms with Crippen molar-refractivity contribution in [1.82, 2.24) is 5.32 Å². The van der Waals surface area contributed by atoms with E-state index in [1.54, 1.807) is 6.07 Å². The first-order valence-electron chi connectivity index (χ1n) is 5.76. The summed E-state index contributed by atoms with van der Waals surface area (Å²) in [5, 5.41) is 11.9. The molecule has 0 radical (unpaired) electrons. The van der Waals surface area contributed by atoms with Gasteiger partial charge in [-0.3, -0.25) is 0 Å². The van der Waals surface area contributed by atoms with E-state index in [4.69, 9.17) is 5.11 Å². The van der Waals surface area contributed by atoms with Gasteiger partial charge in [0.05, 0.1) is 12.7 Å². The second kappa shape index (κ2) is 7.08. The van der Waals surface area contributed by atoms with Crippen LogP contribution in [0.25, 0.3) is 0 Å². The third-order valence-electron chi connectivity index (χ3n) is 2.57. The van der Waals surface area contributed by atoms with E-state index in [0.29, 0.717) is 13.1 Å². The highest BCUT2D eigenvalue weighted by atomic mass is 19.1. The molecule has 0 spiro atoms. The van der Waals surface area contributed by atoms with Crippen molar-refractivity contribution >= 4 is 5.97 Å². The predicted molar refractivity (Wildman–Crippen MR) is 65.7 cm³/mol. The summed E-state index contributed by atoms with van der Waals surface area (Å²) in [6.07, 6.45) is 0. The average molecular weight is 255 g/mol. The molecular weight excluding hydrogens is 237 g/mol. The lowest BCUT2D eigenvalue weighted by Gasteiger charge is -2.10. The monoisotopic (exact) mass is 255 g/mol. The van der Waals surface area contributed by atoms with Gasteiger partial charge in [0.25, 0.3) is 0 Å². The smallest absolute Gasteiger partial charge is 0.340 e. The number of carbonyl (C=O) groups is 1. The molecule has 0 fully saturated rings. The summed E-state index contributed by atoms with van der Waals surface area (Å²) in [6.45, 7) is 3.16. The van der Waals surface area contributed by atoms with Crippen molar-refractivity contribution in [3.05, 3.63) is 35.1 Å². The second-order valence-electron chi connectivity index (χ2n) is 4.22. The van der Waals surface area contributed by atoms with E-state index >= 15 is 0 Å². The Kier molecular flexibility index (Phi) is 5.74. The van der Waals surface area contributed by atoms with Gasteiger partial charge in [-0.05, 0) is 23.6 Å². The number of halogens is 1. The SMILES string of the molecule is COC(=O)c1ccc(CNCC(C)CO)cc1F. The van der Waals surface area contributed by atoms with Crippen molar-refractivity contribution in [2.75, 3.05) is 20.3 Å². The zero-order valence-electron chi connectivity index (χ0n) is 10.6. The number of hydrogen-bond acceptors (Lipinski definition) is 4. The van der Waals surface area contributed by atoms with E-state index in [2.05, 4.69) is 10.1 Å². The van der Waals surface area contributed by atoms with Crippen molar-refractivity contribution in [2.45, 2.75) is 13.5 Å². The van der Waals surface area contributed by atoms with Crippen LogP contribution in [0.2, 0.25) is 0 Å². The minimum atomic E-state index is -0.680. The van der Waals surface area contributed by atoms with Gasteiger partial charge in [0, 0.05) is 19.7 Å². The van der Waals surface area contributed by atoms with E-state index in [0.717, 1.165) is 5.56 Å². The topological polar surface area (TPSA) is 58.6 Å². The molecule has 100 valence electrons. The molecule has 4 nitrogen and oxygen atoms in total. The first kappa shape index (κ1) is 14.6. The van der Waals surface area contributed by atoms with Gasteiger partial charge in [0.15, 0.2) is 0 Å². The number of aliphatic hydroxyl groups excluding tert-OH is 1. The highest BCUT2D eigenvalue weighted by Gasteiger charge is 2.12. The maximum absolute atomic E-state index is 13.6. The normalized spacial score (nSPS) is 12.2. The molecule has 1 aromatic rings. The van der Waals surface area contributed by atoms with Gasteiger partial charge >= 0.3 is 5.97 Å². The lowest BCUT2D eigenvalue weighted by Crippen LogP contribution is -2.22.